The van der Waals surface area contributed by atoms with Gasteiger partial charge < -0.3 is 0 Å². The van der Waals surface area contributed by atoms with Crippen LogP contribution in [0.3, 0.4) is 0 Å². The Morgan fingerprint density at radius 1 is 0.538 bits per heavy atom. The molecule has 0 fully saturated rings. The summed E-state index contributed by atoms with van der Waals surface area (Å²) in [4.78, 5) is 4.54. The van der Waals surface area contributed by atoms with Gasteiger partial charge >= 0.3 is 0 Å². The van der Waals surface area contributed by atoms with Gasteiger partial charge in [-0.25, -0.2) is 4.98 Å². The Morgan fingerprint density at radius 2 is 1.10 bits per heavy atom. The minimum absolute atomic E-state index is 0.207. The molecule has 2 heteroatoms. The molecule has 0 aliphatic heterocycles. The Hall–Kier alpha value is -6.25. The smallest absolute Gasteiger partial charge is 0.114 e. The first-order valence-electron chi connectivity index (χ1n) is 22.8. The molecule has 1 aliphatic rings. The van der Waals surface area contributed by atoms with Crippen LogP contribution in [0.2, 0.25) is 0 Å². The van der Waals surface area contributed by atoms with Crippen molar-refractivity contribution >= 4 is 32.6 Å². The summed E-state index contributed by atoms with van der Waals surface area (Å²) in [6.45, 7) is -8.76. The normalized spacial score (nSPS) is 17.3. The van der Waals surface area contributed by atoms with E-state index >= 15 is 0 Å². The second-order valence-corrected chi connectivity index (χ2v) is 13.4. The number of hydrogen-bond donors (Lipinski definition) is 0. The van der Waals surface area contributed by atoms with Crippen molar-refractivity contribution in [2.75, 3.05) is 0 Å². The number of rotatable bonds is 5. The molecule has 0 amide bonds. The van der Waals surface area contributed by atoms with Crippen LogP contribution in [0.25, 0.3) is 82.8 Å². The van der Waals surface area contributed by atoms with E-state index in [4.69, 9.17) is 15.1 Å². The van der Waals surface area contributed by atoms with Gasteiger partial charge in [0, 0.05) is 32.4 Å². The molecule has 0 saturated carbocycles. The summed E-state index contributed by atoms with van der Waals surface area (Å²) < 4.78 is 96.1. The summed E-state index contributed by atoms with van der Waals surface area (Å²) >= 11 is 0. The van der Waals surface area contributed by atoms with Gasteiger partial charge in [-0.2, -0.15) is 0 Å². The topological polar surface area (TPSA) is 17.8 Å². The second-order valence-electron chi connectivity index (χ2n) is 13.4. The lowest BCUT2D eigenvalue weighted by Crippen LogP contribution is -2.14. The largest absolute Gasteiger partial charge is 0.296 e. The van der Waals surface area contributed by atoms with Crippen LogP contribution in [0.15, 0.2) is 164 Å². The van der Waals surface area contributed by atoms with Crippen molar-refractivity contribution < 1.29 is 15.1 Å². The second kappa shape index (κ2) is 11.6. The van der Waals surface area contributed by atoms with Crippen LogP contribution in [-0.4, -0.2) is 9.55 Å². The average Bonchev–Trinajstić information content (AvgIpc) is 3.80. The lowest BCUT2D eigenvalue weighted by atomic mass is 9.80. The van der Waals surface area contributed by atoms with E-state index in [0.29, 0.717) is 33.4 Å². The summed E-state index contributed by atoms with van der Waals surface area (Å²) in [6, 6.07) is 51.4. The fraction of sp³-hybridized carbons (Fsp3) is 0.100. The highest BCUT2D eigenvalue weighted by Gasteiger charge is 2.35. The summed E-state index contributed by atoms with van der Waals surface area (Å²) in [5.74, 6) is -0.207. The Morgan fingerprint density at radius 3 is 1.81 bits per heavy atom. The van der Waals surface area contributed by atoms with Crippen molar-refractivity contribution in [3.05, 3.63) is 181 Å². The number of fused-ring (bicyclic) bond motifs is 6. The maximum Gasteiger partial charge on any atom is 0.114 e. The molecule has 2 nitrogen and oxygen atoms in total. The van der Waals surface area contributed by atoms with Gasteiger partial charge in [0.2, 0.25) is 0 Å². The van der Waals surface area contributed by atoms with E-state index in [9.17, 15) is 0 Å². The Bertz CT molecular complexity index is 3210. The molecule has 0 radical (unpaired) electrons. The zero-order chi connectivity index (χ0) is 44.3. The van der Waals surface area contributed by atoms with Crippen LogP contribution < -0.4 is 0 Å². The molecule has 0 saturated heterocycles. The van der Waals surface area contributed by atoms with Gasteiger partial charge in [-0.05, 0) is 95.9 Å². The first-order chi connectivity index (χ1) is 29.9. The van der Waals surface area contributed by atoms with Gasteiger partial charge in [-0.3, -0.25) is 4.57 Å². The van der Waals surface area contributed by atoms with E-state index in [0.717, 1.165) is 49.4 Å². The van der Waals surface area contributed by atoms with E-state index in [1.807, 2.05) is 103 Å². The molecule has 1 heterocycles. The van der Waals surface area contributed by atoms with E-state index in [-0.39, 0.29) is 17.0 Å². The third-order valence-corrected chi connectivity index (χ3v) is 10.6. The van der Waals surface area contributed by atoms with Crippen LogP contribution in [0.1, 0.15) is 52.6 Å². The Labute approximate surface area is 320 Å². The van der Waals surface area contributed by atoms with Gasteiger partial charge in [0.1, 0.15) is 5.82 Å². The van der Waals surface area contributed by atoms with Crippen LogP contribution in [0.4, 0.5) is 0 Å². The molecule has 1 aliphatic carbocycles. The van der Waals surface area contributed by atoms with Gasteiger partial charge in [-0.1, -0.05) is 160 Å². The number of nitrogens with zero attached hydrogens (tertiary/aromatic N) is 2. The average molecular weight is 678 g/mol. The van der Waals surface area contributed by atoms with Gasteiger partial charge in [0.15, 0.2) is 0 Å². The van der Waals surface area contributed by atoms with Crippen molar-refractivity contribution in [2.45, 2.75) is 32.3 Å². The number of benzene rings is 8. The van der Waals surface area contributed by atoms with E-state index in [1.165, 1.54) is 0 Å². The van der Waals surface area contributed by atoms with Gasteiger partial charge in [0.05, 0.1) is 16.7 Å². The zero-order valence-corrected chi connectivity index (χ0v) is 28.0. The lowest BCUT2D eigenvalue weighted by Gasteiger charge is -2.23. The minimum atomic E-state index is -2.98. The third kappa shape index (κ3) is 4.47. The highest BCUT2D eigenvalue weighted by Crippen LogP contribution is 2.51. The minimum Gasteiger partial charge on any atom is -0.296 e. The molecule has 52 heavy (non-hydrogen) atoms. The molecule has 9 aromatic rings. The molecule has 0 N–H and O–H groups in total. The fourth-order valence-corrected chi connectivity index (χ4v) is 8.27. The van der Waals surface area contributed by atoms with Crippen LogP contribution in [0, 0.1) is 0 Å². The first kappa shape index (κ1) is 21.2. The van der Waals surface area contributed by atoms with Crippen LogP contribution >= 0.6 is 0 Å². The molecule has 248 valence electrons. The van der Waals surface area contributed by atoms with Crippen molar-refractivity contribution in [3.63, 3.8) is 0 Å². The maximum absolute atomic E-state index is 8.80. The lowest BCUT2D eigenvalue weighted by molar-refractivity contribution is 0.660. The van der Waals surface area contributed by atoms with Gasteiger partial charge in [0.25, 0.3) is 0 Å². The fourth-order valence-electron chi connectivity index (χ4n) is 8.27. The predicted octanol–water partition coefficient (Wildman–Crippen LogP) is 13.2. The summed E-state index contributed by atoms with van der Waals surface area (Å²) in [5.41, 5.74) is 6.21. The summed E-state index contributed by atoms with van der Waals surface area (Å²) in [5, 5.41) is 3.71. The third-order valence-electron chi connectivity index (χ3n) is 10.6. The molecule has 1 aromatic heterocycles. The zero-order valence-electron chi connectivity index (χ0n) is 39.0. The molecule has 10 rings (SSSR count). The Kier molecular flexibility index (Phi) is 4.75. The van der Waals surface area contributed by atoms with Crippen molar-refractivity contribution in [2.24, 2.45) is 0 Å². The van der Waals surface area contributed by atoms with Crippen LogP contribution in [-0.2, 0) is 11.8 Å². The molecule has 0 spiro atoms. The summed E-state index contributed by atoms with van der Waals surface area (Å²) in [7, 11) is 0. The van der Waals surface area contributed by atoms with E-state index in [1.54, 1.807) is 53.1 Å². The standard InChI is InChI=1S/C50H38N2/c1-4-47-51-44-22-12-14-24-46(44)52(47)45-23-13-10-15-35(45)32-25-27-33(28-26-32)48-38-17-5-7-19-40(38)49(41-20-8-6-18-39(41)48)34-29-30-37-36-16-9-11-21-42(36)50(2,3)43(37)31-34/h5-31H,4H2,1-3H3/i1D3,2D3,3D3,4D2. The quantitative estimate of drug-likeness (QED) is 0.166. The molecule has 0 bridgehead atoms. The van der Waals surface area contributed by atoms with E-state index < -0.39 is 32.3 Å². The number of imidazole rings is 1. The molecule has 0 unspecified atom stereocenters. The highest BCUT2D eigenvalue weighted by atomic mass is 15.1. The number of hydrogen-bond acceptors (Lipinski definition) is 1. The number of aromatic nitrogens is 2. The van der Waals surface area contributed by atoms with Crippen molar-refractivity contribution in [3.8, 4) is 50.2 Å². The number of aryl methyl sites for hydroxylation is 1. The van der Waals surface area contributed by atoms with E-state index in [2.05, 4.69) is 17.1 Å². The number of para-hydroxylation sites is 3. The molecule has 0 atom stereocenters. The van der Waals surface area contributed by atoms with Gasteiger partial charge in [-0.15, -0.1) is 0 Å². The monoisotopic (exact) mass is 677 g/mol. The summed E-state index contributed by atoms with van der Waals surface area (Å²) in [6.07, 6.45) is -2.75. The van der Waals surface area contributed by atoms with Crippen molar-refractivity contribution in [1.82, 2.24) is 9.55 Å². The molecular weight excluding hydrogens is 629 g/mol. The highest BCUT2D eigenvalue weighted by molar-refractivity contribution is 6.21. The molecular formula is C50H38N2. The SMILES string of the molecule is [2H]C([2H])([2H])C([2H])([2H])c1nc2ccccc2n1-c1ccccc1-c1ccc(-c2c3ccccc3c(-c3ccc4c(c3)C(C([2H])([2H])[2H])(C([2H])([2H])[2H])c3ccccc3-4)c3ccccc23)cc1. The predicted molar refractivity (Wildman–Crippen MR) is 219 cm³/mol. The first-order valence-corrected chi connectivity index (χ1v) is 17.3. The maximum atomic E-state index is 8.80. The van der Waals surface area contributed by atoms with Crippen LogP contribution in [0.5, 0.6) is 0 Å². The Balaban J connectivity index is 1.15. The van der Waals surface area contributed by atoms with Crippen molar-refractivity contribution in [1.29, 1.82) is 0 Å². The molecule has 8 aromatic carbocycles.